The van der Waals surface area contributed by atoms with Gasteiger partial charge >= 0.3 is 6.09 Å². The maximum atomic E-state index is 10.4. The summed E-state index contributed by atoms with van der Waals surface area (Å²) in [6, 6.07) is 0. The predicted octanol–water partition coefficient (Wildman–Crippen LogP) is 0.131. The highest BCUT2D eigenvalue weighted by atomic mass is 16.6. The number of hydrogen-bond acceptors (Lipinski definition) is 3. The van der Waals surface area contributed by atoms with Crippen LogP contribution < -0.4 is 5.32 Å². The van der Waals surface area contributed by atoms with Crippen molar-refractivity contribution in [1.82, 2.24) is 5.32 Å². The van der Waals surface area contributed by atoms with Gasteiger partial charge in [0.1, 0.15) is 0 Å². The molecule has 4 heteroatoms. The van der Waals surface area contributed by atoms with Crippen LogP contribution in [0.4, 0.5) is 4.79 Å². The van der Waals surface area contributed by atoms with Crippen molar-refractivity contribution in [3.8, 4) is 0 Å². The van der Waals surface area contributed by atoms with Crippen molar-refractivity contribution in [3.63, 3.8) is 0 Å². The molecular weight excluding hydrogens is 134 g/mol. The van der Waals surface area contributed by atoms with E-state index in [4.69, 9.17) is 4.74 Å². The number of carbonyl (C=O) groups excluding carboxylic acids is 1. The molecule has 1 saturated heterocycles. The van der Waals surface area contributed by atoms with Crippen LogP contribution >= 0.6 is 0 Å². The first-order valence-corrected chi connectivity index (χ1v) is 3.26. The zero-order valence-electron chi connectivity index (χ0n) is 5.92. The molecule has 1 unspecified atom stereocenters. The Balaban J connectivity index is 1.88. The summed E-state index contributed by atoms with van der Waals surface area (Å²) in [5.74, 6) is 0. The van der Waals surface area contributed by atoms with Crippen LogP contribution in [-0.2, 0) is 9.47 Å². The molecule has 0 saturated carbocycles. The summed E-state index contributed by atoms with van der Waals surface area (Å²) >= 11 is 0. The molecule has 1 aliphatic heterocycles. The largest absolute Gasteiger partial charge is 0.453 e. The van der Waals surface area contributed by atoms with E-state index in [0.717, 1.165) is 13.0 Å². The van der Waals surface area contributed by atoms with Gasteiger partial charge in [0.15, 0.2) is 0 Å². The lowest BCUT2D eigenvalue weighted by Crippen LogP contribution is -2.24. The van der Waals surface area contributed by atoms with Gasteiger partial charge in [0, 0.05) is 6.54 Å². The third kappa shape index (κ3) is 2.68. The zero-order chi connectivity index (χ0) is 7.40. The third-order valence-electron chi connectivity index (χ3n) is 1.32. The average Bonchev–Trinajstić information content (AvgIpc) is 2.71. The van der Waals surface area contributed by atoms with Crippen LogP contribution in [0.25, 0.3) is 0 Å². The van der Waals surface area contributed by atoms with Gasteiger partial charge in [0.05, 0.1) is 19.8 Å². The Morgan fingerprint density at radius 1 is 1.90 bits per heavy atom. The van der Waals surface area contributed by atoms with Crippen molar-refractivity contribution in [3.05, 3.63) is 0 Å². The Hall–Kier alpha value is -0.770. The lowest BCUT2D eigenvalue weighted by molar-refractivity contribution is 0.170. The Morgan fingerprint density at radius 3 is 3.10 bits per heavy atom. The lowest BCUT2D eigenvalue weighted by Gasteiger charge is -1.99. The van der Waals surface area contributed by atoms with E-state index in [-0.39, 0.29) is 6.09 Å². The van der Waals surface area contributed by atoms with E-state index < -0.39 is 0 Å². The number of hydrogen-bond donors (Lipinski definition) is 1. The number of nitrogens with one attached hydrogen (secondary N) is 1. The molecule has 4 nitrogen and oxygen atoms in total. The number of alkyl carbamates (subject to hydrolysis) is 1. The fraction of sp³-hybridized carbons (Fsp3) is 0.833. The van der Waals surface area contributed by atoms with Gasteiger partial charge in [-0.3, -0.25) is 0 Å². The second kappa shape index (κ2) is 3.41. The molecule has 1 amide bonds. The Bertz CT molecular complexity index is 122. The number of methoxy groups -OCH3 is 1. The van der Waals surface area contributed by atoms with Crippen molar-refractivity contribution >= 4 is 6.09 Å². The quantitative estimate of drug-likeness (QED) is 0.574. The second-order valence-corrected chi connectivity index (χ2v) is 2.16. The highest BCUT2D eigenvalue weighted by Crippen LogP contribution is 2.11. The van der Waals surface area contributed by atoms with Crippen molar-refractivity contribution in [1.29, 1.82) is 0 Å². The van der Waals surface area contributed by atoms with Gasteiger partial charge in [-0.15, -0.1) is 0 Å². The summed E-state index contributed by atoms with van der Waals surface area (Å²) in [5, 5.41) is 2.56. The van der Waals surface area contributed by atoms with Gasteiger partial charge < -0.3 is 14.8 Å². The monoisotopic (exact) mass is 145 g/mol. The maximum Gasteiger partial charge on any atom is 0.406 e. The maximum absolute atomic E-state index is 10.4. The summed E-state index contributed by atoms with van der Waals surface area (Å²) in [4.78, 5) is 10.4. The van der Waals surface area contributed by atoms with Crippen LogP contribution in [-0.4, -0.2) is 32.5 Å². The number of epoxide rings is 1. The molecule has 1 N–H and O–H groups in total. The van der Waals surface area contributed by atoms with Crippen molar-refractivity contribution < 1.29 is 14.3 Å². The number of carbonyl (C=O) groups is 1. The molecule has 0 aromatic heterocycles. The van der Waals surface area contributed by atoms with Gasteiger partial charge in [-0.25, -0.2) is 4.79 Å². The van der Waals surface area contributed by atoms with Crippen molar-refractivity contribution in [2.24, 2.45) is 0 Å². The van der Waals surface area contributed by atoms with Gasteiger partial charge in [-0.2, -0.15) is 0 Å². The molecule has 0 aliphatic carbocycles. The molecule has 0 bridgehead atoms. The lowest BCUT2D eigenvalue weighted by atomic mass is 10.3. The fourth-order valence-corrected chi connectivity index (χ4v) is 0.642. The average molecular weight is 145 g/mol. The van der Waals surface area contributed by atoms with Gasteiger partial charge in [-0.1, -0.05) is 0 Å². The minimum absolute atomic E-state index is 0.372. The van der Waals surface area contributed by atoms with E-state index in [1.165, 1.54) is 7.11 Å². The Kier molecular flexibility index (Phi) is 2.50. The fourth-order valence-electron chi connectivity index (χ4n) is 0.642. The van der Waals surface area contributed by atoms with Crippen LogP contribution in [0.1, 0.15) is 6.42 Å². The van der Waals surface area contributed by atoms with Crippen LogP contribution in [0.3, 0.4) is 0 Å². The van der Waals surface area contributed by atoms with Crippen LogP contribution in [0.2, 0.25) is 0 Å². The first-order valence-electron chi connectivity index (χ1n) is 3.26. The van der Waals surface area contributed by atoms with Gasteiger partial charge in [0.25, 0.3) is 0 Å². The molecule has 0 spiro atoms. The first kappa shape index (κ1) is 7.34. The van der Waals surface area contributed by atoms with E-state index >= 15 is 0 Å². The van der Waals surface area contributed by atoms with E-state index in [0.29, 0.717) is 12.6 Å². The van der Waals surface area contributed by atoms with E-state index in [1.54, 1.807) is 0 Å². The molecule has 10 heavy (non-hydrogen) atoms. The molecule has 0 aromatic rings. The van der Waals surface area contributed by atoms with Crippen LogP contribution in [0.5, 0.6) is 0 Å². The summed E-state index contributed by atoms with van der Waals surface area (Å²) < 4.78 is 9.29. The van der Waals surface area contributed by atoms with Gasteiger partial charge in [-0.05, 0) is 6.42 Å². The van der Waals surface area contributed by atoms with E-state index in [2.05, 4.69) is 10.1 Å². The molecule has 1 aliphatic rings. The predicted molar refractivity (Wildman–Crippen MR) is 34.8 cm³/mol. The number of rotatable bonds is 3. The highest BCUT2D eigenvalue weighted by molar-refractivity contribution is 5.66. The van der Waals surface area contributed by atoms with E-state index in [9.17, 15) is 4.79 Å². The SMILES string of the molecule is COC(=O)NCCC1CO1. The topological polar surface area (TPSA) is 50.9 Å². The number of amides is 1. The molecule has 1 heterocycles. The normalized spacial score (nSPS) is 21.9. The molecule has 1 rings (SSSR count). The number of ether oxygens (including phenoxy) is 2. The van der Waals surface area contributed by atoms with Gasteiger partial charge in [0.2, 0.25) is 0 Å². The zero-order valence-corrected chi connectivity index (χ0v) is 5.92. The minimum Gasteiger partial charge on any atom is -0.453 e. The summed E-state index contributed by atoms with van der Waals surface area (Å²) in [6.45, 7) is 1.47. The third-order valence-corrected chi connectivity index (χ3v) is 1.32. The smallest absolute Gasteiger partial charge is 0.406 e. The van der Waals surface area contributed by atoms with Crippen LogP contribution in [0, 0.1) is 0 Å². The summed E-state index contributed by atoms with van der Waals surface area (Å²) in [5.41, 5.74) is 0. The Morgan fingerprint density at radius 2 is 2.60 bits per heavy atom. The second-order valence-electron chi connectivity index (χ2n) is 2.16. The summed E-state index contributed by atoms with van der Waals surface area (Å²) in [6.07, 6.45) is 0.882. The highest BCUT2D eigenvalue weighted by Gasteiger charge is 2.21. The minimum atomic E-state index is -0.374. The van der Waals surface area contributed by atoms with Crippen molar-refractivity contribution in [2.75, 3.05) is 20.3 Å². The molecular formula is C6H11NO3. The standard InChI is InChI=1S/C6H11NO3/c1-9-6(8)7-3-2-5-4-10-5/h5H,2-4H2,1H3,(H,7,8). The van der Waals surface area contributed by atoms with E-state index in [1.807, 2.05) is 0 Å². The van der Waals surface area contributed by atoms with Crippen LogP contribution in [0.15, 0.2) is 0 Å². The molecule has 0 aromatic carbocycles. The molecule has 1 fully saturated rings. The molecule has 58 valence electrons. The summed E-state index contributed by atoms with van der Waals surface area (Å²) in [7, 11) is 1.35. The Labute approximate surface area is 59.5 Å². The molecule has 0 radical (unpaired) electrons. The molecule has 1 atom stereocenters. The van der Waals surface area contributed by atoms with Crippen molar-refractivity contribution in [2.45, 2.75) is 12.5 Å². The first-order chi connectivity index (χ1) is 4.83.